The van der Waals surface area contributed by atoms with E-state index in [1.807, 2.05) is 20.8 Å². The van der Waals surface area contributed by atoms with E-state index >= 15 is 0 Å². The molecule has 12 heavy (non-hydrogen) atoms. The van der Waals surface area contributed by atoms with Crippen LogP contribution in [-0.2, 0) is 4.79 Å². The monoisotopic (exact) mass is 189 g/mol. The number of nitrogens with one attached hydrogen (secondary N) is 2. The number of nitrogens with zero attached hydrogens (tertiary/aromatic N) is 1. The van der Waals surface area contributed by atoms with Crippen molar-refractivity contribution in [3.63, 3.8) is 0 Å². The Bertz CT molecular complexity index is 181. The van der Waals surface area contributed by atoms with Crippen molar-refractivity contribution in [1.82, 2.24) is 10.7 Å². The average molecular weight is 189 g/mol. The van der Waals surface area contributed by atoms with Gasteiger partial charge < -0.3 is 5.32 Å². The Labute approximate surface area is 77.2 Å². The maximum absolute atomic E-state index is 10.5. The van der Waals surface area contributed by atoms with Crippen LogP contribution in [0.2, 0.25) is 0 Å². The van der Waals surface area contributed by atoms with Crippen LogP contribution in [0.5, 0.6) is 0 Å². The fourth-order valence-corrected chi connectivity index (χ4v) is 1.40. The van der Waals surface area contributed by atoms with Crippen LogP contribution in [-0.4, -0.2) is 16.4 Å². The van der Waals surface area contributed by atoms with Gasteiger partial charge in [-0.15, -0.1) is 0 Å². The number of rotatable bonds is 1. The zero-order valence-electron chi connectivity index (χ0n) is 7.84. The van der Waals surface area contributed by atoms with Crippen molar-refractivity contribution in [2.45, 2.75) is 33.2 Å². The Balaban J connectivity index is 0.000000561. The van der Waals surface area contributed by atoms with E-state index in [0.29, 0.717) is 0 Å². The molecular formula is C7H15N3OS. The predicted octanol–water partition coefficient (Wildman–Crippen LogP) is 1.10. The van der Waals surface area contributed by atoms with E-state index in [1.165, 1.54) is 18.7 Å². The Kier molecular flexibility index (Phi) is 5.53. The van der Waals surface area contributed by atoms with Gasteiger partial charge in [-0.2, -0.15) is 5.10 Å². The third kappa shape index (κ3) is 4.23. The summed E-state index contributed by atoms with van der Waals surface area (Å²) in [6.07, 6.45) is 0. The van der Waals surface area contributed by atoms with Crippen LogP contribution in [0.4, 0.5) is 0 Å². The van der Waals surface area contributed by atoms with Gasteiger partial charge >= 0.3 is 0 Å². The first kappa shape index (κ1) is 11.3. The molecule has 0 saturated carbocycles. The van der Waals surface area contributed by atoms with Gasteiger partial charge in [0.15, 0.2) is 5.50 Å². The van der Waals surface area contributed by atoms with Gasteiger partial charge in [-0.25, -0.2) is 0 Å². The average Bonchev–Trinajstić information content (AvgIpc) is 2.39. The second-order valence-electron chi connectivity index (χ2n) is 1.96. The van der Waals surface area contributed by atoms with E-state index in [-0.39, 0.29) is 11.4 Å². The zero-order chi connectivity index (χ0) is 9.56. The first-order valence-electron chi connectivity index (χ1n) is 3.92. The third-order valence-corrected chi connectivity index (χ3v) is 1.85. The van der Waals surface area contributed by atoms with Crippen molar-refractivity contribution >= 4 is 22.7 Å². The van der Waals surface area contributed by atoms with Crippen molar-refractivity contribution in [3.05, 3.63) is 0 Å². The van der Waals surface area contributed by atoms with Crippen LogP contribution in [0.3, 0.4) is 0 Å². The summed E-state index contributed by atoms with van der Waals surface area (Å²) >= 11 is 1.50. The van der Waals surface area contributed by atoms with Crippen molar-refractivity contribution in [2.75, 3.05) is 0 Å². The molecule has 4 nitrogen and oxygen atoms in total. The lowest BCUT2D eigenvalue weighted by Gasteiger charge is -2.07. The predicted molar refractivity (Wildman–Crippen MR) is 52.8 cm³/mol. The van der Waals surface area contributed by atoms with Crippen LogP contribution in [0.1, 0.15) is 27.7 Å². The smallest absolute Gasteiger partial charge is 0.219 e. The summed E-state index contributed by atoms with van der Waals surface area (Å²) in [6, 6.07) is 0. The van der Waals surface area contributed by atoms with E-state index in [0.717, 1.165) is 5.04 Å². The first-order valence-corrected chi connectivity index (χ1v) is 4.80. The number of carbonyl (C=O) groups is 1. The normalized spacial score (nSPS) is 20.0. The molecule has 1 rings (SSSR count). The number of hydrogen-bond donors (Lipinski definition) is 2. The fourth-order valence-electron chi connectivity index (χ4n) is 0.619. The van der Waals surface area contributed by atoms with Crippen LogP contribution < -0.4 is 10.7 Å². The maximum atomic E-state index is 10.5. The van der Waals surface area contributed by atoms with E-state index in [9.17, 15) is 4.79 Å². The second kappa shape index (κ2) is 5.88. The van der Waals surface area contributed by atoms with Gasteiger partial charge in [0, 0.05) is 6.92 Å². The van der Waals surface area contributed by atoms with Crippen LogP contribution in [0.25, 0.3) is 0 Å². The standard InChI is InChI=1S/C5H9N3OS.C2H6/c1-3(9)6-5-8-7-4(2)10-5;1-2/h5,8H,1-2H3,(H,6,9);1-2H3. The number of hydrazone groups is 1. The summed E-state index contributed by atoms with van der Waals surface area (Å²) in [5, 5.41) is 7.50. The molecule has 0 aromatic heterocycles. The third-order valence-electron chi connectivity index (χ3n) is 0.962. The van der Waals surface area contributed by atoms with E-state index in [4.69, 9.17) is 0 Å². The van der Waals surface area contributed by atoms with E-state index < -0.39 is 0 Å². The molecule has 1 amide bonds. The maximum Gasteiger partial charge on any atom is 0.219 e. The van der Waals surface area contributed by atoms with Gasteiger partial charge in [-0.3, -0.25) is 10.2 Å². The molecule has 0 fully saturated rings. The lowest BCUT2D eigenvalue weighted by molar-refractivity contribution is -0.119. The summed E-state index contributed by atoms with van der Waals surface area (Å²) in [5.74, 6) is -0.0464. The van der Waals surface area contributed by atoms with E-state index in [2.05, 4.69) is 15.8 Å². The molecule has 0 aromatic rings. The van der Waals surface area contributed by atoms with Crippen LogP contribution >= 0.6 is 11.8 Å². The largest absolute Gasteiger partial charge is 0.326 e. The number of thioether (sulfide) groups is 1. The number of hydrogen-bond acceptors (Lipinski definition) is 4. The highest BCUT2D eigenvalue weighted by atomic mass is 32.2. The summed E-state index contributed by atoms with van der Waals surface area (Å²) < 4.78 is 0. The molecule has 1 heterocycles. The summed E-state index contributed by atoms with van der Waals surface area (Å²) in [6.45, 7) is 7.37. The molecule has 1 unspecified atom stereocenters. The van der Waals surface area contributed by atoms with Crippen molar-refractivity contribution in [3.8, 4) is 0 Å². The molecule has 0 spiro atoms. The van der Waals surface area contributed by atoms with Gasteiger partial charge in [-0.1, -0.05) is 25.6 Å². The second-order valence-corrected chi connectivity index (χ2v) is 3.26. The molecule has 0 bridgehead atoms. The Morgan fingerprint density at radius 1 is 1.67 bits per heavy atom. The van der Waals surface area contributed by atoms with Crippen LogP contribution in [0, 0.1) is 0 Å². The molecule has 70 valence electrons. The highest BCUT2D eigenvalue weighted by Crippen LogP contribution is 2.13. The van der Waals surface area contributed by atoms with Crippen molar-refractivity contribution < 1.29 is 4.79 Å². The highest BCUT2D eigenvalue weighted by Gasteiger charge is 2.15. The molecule has 1 aliphatic rings. The topological polar surface area (TPSA) is 53.5 Å². The van der Waals surface area contributed by atoms with E-state index in [1.54, 1.807) is 0 Å². The fraction of sp³-hybridized carbons (Fsp3) is 0.714. The minimum atomic E-state index is -0.0718. The SMILES string of the molecule is CC.CC(=O)NC1NN=C(C)S1. The molecule has 0 aliphatic carbocycles. The summed E-state index contributed by atoms with van der Waals surface area (Å²) in [7, 11) is 0. The first-order chi connectivity index (χ1) is 5.68. The lowest BCUT2D eigenvalue weighted by atomic mass is 10.7. The molecule has 0 radical (unpaired) electrons. The Morgan fingerprint density at radius 3 is 2.58 bits per heavy atom. The number of carbonyl (C=O) groups excluding carboxylic acids is 1. The zero-order valence-corrected chi connectivity index (χ0v) is 8.66. The van der Waals surface area contributed by atoms with Gasteiger partial charge in [-0.05, 0) is 6.92 Å². The molecule has 1 aliphatic heterocycles. The van der Waals surface area contributed by atoms with Crippen molar-refractivity contribution in [2.24, 2.45) is 5.10 Å². The molecule has 0 aromatic carbocycles. The van der Waals surface area contributed by atoms with Gasteiger partial charge in [0.05, 0.1) is 5.04 Å². The molecule has 0 saturated heterocycles. The van der Waals surface area contributed by atoms with Gasteiger partial charge in [0.1, 0.15) is 0 Å². The quantitative estimate of drug-likeness (QED) is 0.649. The highest BCUT2D eigenvalue weighted by molar-refractivity contribution is 8.14. The summed E-state index contributed by atoms with van der Waals surface area (Å²) in [4.78, 5) is 10.5. The van der Waals surface area contributed by atoms with Gasteiger partial charge in [0.2, 0.25) is 5.91 Å². The molecule has 5 heteroatoms. The van der Waals surface area contributed by atoms with Crippen LogP contribution in [0.15, 0.2) is 5.10 Å². The molecule has 1 atom stereocenters. The van der Waals surface area contributed by atoms with Gasteiger partial charge in [0.25, 0.3) is 0 Å². The number of amides is 1. The minimum Gasteiger partial charge on any atom is -0.326 e. The summed E-state index contributed by atoms with van der Waals surface area (Å²) in [5.41, 5.74) is 2.68. The Hall–Kier alpha value is -0.710. The van der Waals surface area contributed by atoms with Crippen molar-refractivity contribution in [1.29, 1.82) is 0 Å². The minimum absolute atomic E-state index is 0.0464. The molecular weight excluding hydrogens is 174 g/mol. The molecule has 2 N–H and O–H groups in total. The Morgan fingerprint density at radius 2 is 2.25 bits per heavy atom. The lowest BCUT2D eigenvalue weighted by Crippen LogP contribution is -2.37.